The second-order valence-corrected chi connectivity index (χ2v) is 9.48. The number of carbonyl (C=O) groups excluding carboxylic acids is 1. The van der Waals surface area contributed by atoms with Crippen LogP contribution in [-0.4, -0.2) is 47.3 Å². The van der Waals surface area contributed by atoms with Gasteiger partial charge in [-0.1, -0.05) is 0 Å². The van der Waals surface area contributed by atoms with Crippen LogP contribution in [0.2, 0.25) is 0 Å². The van der Waals surface area contributed by atoms with Crippen LogP contribution in [0, 0.1) is 12.8 Å². The quantitative estimate of drug-likeness (QED) is 0.676. The number of fused-ring (bicyclic) bond motifs is 1. The van der Waals surface area contributed by atoms with Crippen molar-refractivity contribution < 1.29 is 27.8 Å². The molecule has 1 saturated heterocycles. The highest BCUT2D eigenvalue weighted by Crippen LogP contribution is 2.53. The molecule has 4 heterocycles. The molecule has 2 aliphatic heterocycles. The van der Waals surface area contributed by atoms with Gasteiger partial charge >= 0.3 is 6.61 Å². The van der Waals surface area contributed by atoms with E-state index in [0.29, 0.717) is 29.6 Å². The van der Waals surface area contributed by atoms with E-state index in [2.05, 4.69) is 25.0 Å². The number of hydrogen-bond donors (Lipinski definition) is 2. The maximum Gasteiger partial charge on any atom is 0.387 e. The number of ether oxygens (including phenoxy) is 3. The van der Waals surface area contributed by atoms with Crippen LogP contribution in [0.4, 0.5) is 14.6 Å². The number of thiazole rings is 1. The van der Waals surface area contributed by atoms with Gasteiger partial charge < -0.3 is 25.3 Å². The van der Waals surface area contributed by atoms with Crippen LogP contribution < -0.4 is 15.8 Å². The molecule has 5 rings (SSSR count). The fourth-order valence-corrected chi connectivity index (χ4v) is 5.62. The van der Waals surface area contributed by atoms with Crippen molar-refractivity contribution in [2.45, 2.75) is 50.4 Å². The van der Waals surface area contributed by atoms with E-state index < -0.39 is 18.1 Å². The number of alkyl halides is 2. The number of carbonyl (C=O) groups is 1. The molecule has 3 aliphatic rings. The van der Waals surface area contributed by atoms with Gasteiger partial charge in [-0.05, 0) is 44.2 Å². The number of aromatic nitrogens is 2. The molecule has 33 heavy (non-hydrogen) atoms. The fourth-order valence-electron chi connectivity index (χ4n) is 4.66. The Labute approximate surface area is 192 Å². The van der Waals surface area contributed by atoms with E-state index >= 15 is 0 Å². The third-order valence-corrected chi connectivity index (χ3v) is 7.52. The third kappa shape index (κ3) is 4.01. The highest BCUT2D eigenvalue weighted by Gasteiger charge is 2.56. The number of pyridine rings is 1. The van der Waals surface area contributed by atoms with Crippen LogP contribution >= 0.6 is 11.3 Å². The van der Waals surface area contributed by atoms with Gasteiger partial charge in [-0.2, -0.15) is 8.78 Å². The van der Waals surface area contributed by atoms with E-state index in [-0.39, 0.29) is 29.0 Å². The first-order valence-corrected chi connectivity index (χ1v) is 11.5. The number of aryl methyl sites for hydroxylation is 1. The number of nitrogens with one attached hydrogen (secondary N) is 1. The summed E-state index contributed by atoms with van der Waals surface area (Å²) in [6.45, 7) is -0.578. The molecule has 12 heteroatoms. The fraction of sp³-hybridized carbons (Fsp3) is 0.524. The maximum absolute atomic E-state index is 12.7. The summed E-state index contributed by atoms with van der Waals surface area (Å²) in [4.78, 5) is 25.9. The van der Waals surface area contributed by atoms with Gasteiger partial charge in [-0.25, -0.2) is 15.0 Å². The van der Waals surface area contributed by atoms with Crippen molar-refractivity contribution in [2.24, 2.45) is 16.6 Å². The molecule has 2 fully saturated rings. The first-order chi connectivity index (χ1) is 15.8. The molecule has 2 atom stereocenters. The minimum Gasteiger partial charge on any atom is -0.465 e. The van der Waals surface area contributed by atoms with Gasteiger partial charge in [0.15, 0.2) is 0 Å². The Bertz CT molecular complexity index is 1110. The third-order valence-electron chi connectivity index (χ3n) is 6.51. The van der Waals surface area contributed by atoms with Crippen LogP contribution in [0.15, 0.2) is 22.6 Å². The smallest absolute Gasteiger partial charge is 0.387 e. The standard InChI is InChI=1S/C21H23F2N5O4S/c1-11-5-13(32-18(22)23)7-25-15(11)16(29)26-14-9-33-17(27-14)21-10-31-20(3-2-4-20)6-12(21)8-30-19(24)28-21/h5,7,9,12,18H,2-4,6,8,10H2,1H3,(H2,24,28)(H,26,29)/t12-,21-/m0/s1. The molecule has 9 nitrogen and oxygen atoms in total. The van der Waals surface area contributed by atoms with Gasteiger partial charge in [-0.15, -0.1) is 11.3 Å². The Balaban J connectivity index is 1.35. The number of hydrogen-bond acceptors (Lipinski definition) is 9. The van der Waals surface area contributed by atoms with E-state index in [9.17, 15) is 13.6 Å². The number of nitrogens with zero attached hydrogens (tertiary/aromatic N) is 3. The van der Waals surface area contributed by atoms with Crippen molar-refractivity contribution in [1.29, 1.82) is 0 Å². The second kappa shape index (κ2) is 8.17. The summed E-state index contributed by atoms with van der Waals surface area (Å²) in [6, 6.07) is 1.44. The van der Waals surface area contributed by atoms with Gasteiger partial charge in [-0.3, -0.25) is 4.79 Å². The normalized spacial score (nSPS) is 25.6. The van der Waals surface area contributed by atoms with Crippen molar-refractivity contribution >= 4 is 29.1 Å². The summed E-state index contributed by atoms with van der Waals surface area (Å²) in [5.41, 5.74) is 5.55. The molecule has 1 saturated carbocycles. The van der Waals surface area contributed by atoms with Gasteiger partial charge in [0, 0.05) is 11.3 Å². The summed E-state index contributed by atoms with van der Waals surface area (Å²) in [6.07, 6.45) is 5.12. The maximum atomic E-state index is 12.7. The number of halogens is 2. The number of rotatable bonds is 5. The first-order valence-electron chi connectivity index (χ1n) is 10.6. The SMILES string of the molecule is Cc1cc(OC(F)F)cnc1C(=O)Nc1csc([C@]23COC4(CCC4)C[C@H]2COC(N)=N3)n1. The van der Waals surface area contributed by atoms with E-state index in [1.807, 2.05) is 0 Å². The van der Waals surface area contributed by atoms with Gasteiger partial charge in [0.05, 0.1) is 25.0 Å². The zero-order valence-electron chi connectivity index (χ0n) is 17.8. The van der Waals surface area contributed by atoms with Gasteiger partial charge in [0.25, 0.3) is 11.9 Å². The van der Waals surface area contributed by atoms with Crippen molar-refractivity contribution in [3.05, 3.63) is 33.9 Å². The summed E-state index contributed by atoms with van der Waals surface area (Å²) in [7, 11) is 0. The zero-order chi connectivity index (χ0) is 23.2. The molecular formula is C21H23F2N5O4S. The molecule has 3 N–H and O–H groups in total. The Morgan fingerprint density at radius 3 is 2.94 bits per heavy atom. The first kappa shape index (κ1) is 22.0. The number of nitrogens with two attached hydrogens (primary N) is 1. The lowest BCUT2D eigenvalue weighted by Crippen LogP contribution is -2.58. The molecule has 0 unspecified atom stereocenters. The van der Waals surface area contributed by atoms with Crippen molar-refractivity contribution in [3.8, 4) is 5.75 Å². The van der Waals surface area contributed by atoms with Crippen LogP contribution in [-0.2, 0) is 15.0 Å². The number of anilines is 1. The second-order valence-electron chi connectivity index (χ2n) is 8.62. The van der Waals surface area contributed by atoms with Crippen molar-refractivity contribution in [3.63, 3.8) is 0 Å². The zero-order valence-corrected chi connectivity index (χ0v) is 18.7. The monoisotopic (exact) mass is 479 g/mol. The summed E-state index contributed by atoms with van der Waals surface area (Å²) in [5, 5.41) is 5.13. The lowest BCUT2D eigenvalue weighted by Gasteiger charge is -2.53. The molecule has 2 aromatic heterocycles. The predicted octanol–water partition coefficient (Wildman–Crippen LogP) is 3.20. The summed E-state index contributed by atoms with van der Waals surface area (Å²) in [5.74, 6) is -0.215. The van der Waals surface area contributed by atoms with Crippen molar-refractivity contribution in [2.75, 3.05) is 18.5 Å². The minimum atomic E-state index is -2.97. The lowest BCUT2D eigenvalue weighted by atomic mass is 9.67. The van der Waals surface area contributed by atoms with Crippen LogP contribution in [0.1, 0.15) is 46.7 Å². The Morgan fingerprint density at radius 1 is 1.42 bits per heavy atom. The average Bonchev–Trinajstić information content (AvgIpc) is 3.20. The highest BCUT2D eigenvalue weighted by atomic mass is 32.1. The average molecular weight is 480 g/mol. The Hall–Kier alpha value is -2.86. The van der Waals surface area contributed by atoms with Crippen LogP contribution in [0.5, 0.6) is 5.75 Å². The summed E-state index contributed by atoms with van der Waals surface area (Å²) < 4.78 is 40.9. The number of amides is 1. The van der Waals surface area contributed by atoms with E-state index in [1.165, 1.54) is 17.4 Å². The summed E-state index contributed by atoms with van der Waals surface area (Å²) >= 11 is 1.36. The van der Waals surface area contributed by atoms with E-state index in [1.54, 1.807) is 12.3 Å². The number of amidine groups is 1. The molecule has 1 spiro atoms. The topological polar surface area (TPSA) is 121 Å². The molecule has 1 amide bonds. The van der Waals surface area contributed by atoms with Crippen molar-refractivity contribution in [1.82, 2.24) is 9.97 Å². The lowest BCUT2D eigenvalue weighted by molar-refractivity contribution is -0.182. The number of aliphatic imine (C=N–C) groups is 1. The molecule has 0 bridgehead atoms. The van der Waals surface area contributed by atoms with E-state index in [4.69, 9.17) is 15.2 Å². The molecule has 176 valence electrons. The molecule has 2 aromatic rings. The predicted molar refractivity (Wildman–Crippen MR) is 116 cm³/mol. The Kier molecular flexibility index (Phi) is 5.44. The minimum absolute atomic E-state index is 0.0693. The molecular weight excluding hydrogens is 456 g/mol. The molecule has 0 aromatic carbocycles. The van der Waals surface area contributed by atoms with Crippen LogP contribution in [0.3, 0.4) is 0 Å². The Morgan fingerprint density at radius 2 is 2.24 bits per heavy atom. The largest absolute Gasteiger partial charge is 0.465 e. The highest BCUT2D eigenvalue weighted by molar-refractivity contribution is 7.10. The van der Waals surface area contributed by atoms with E-state index in [0.717, 1.165) is 31.9 Å². The van der Waals surface area contributed by atoms with Gasteiger partial charge in [0.2, 0.25) is 0 Å². The molecule has 0 radical (unpaired) electrons. The van der Waals surface area contributed by atoms with Gasteiger partial charge in [0.1, 0.15) is 27.8 Å². The van der Waals surface area contributed by atoms with Crippen LogP contribution in [0.25, 0.3) is 0 Å². The molecule has 1 aliphatic carbocycles.